The van der Waals surface area contributed by atoms with E-state index in [1.165, 1.54) is 0 Å². The Hall–Kier alpha value is -0.990. The molecule has 3 heteroatoms. The summed E-state index contributed by atoms with van der Waals surface area (Å²) in [6, 6.07) is 0. The number of rotatable bonds is 2. The number of ether oxygens (including phenoxy) is 1. The molecule has 1 heterocycles. The quantitative estimate of drug-likeness (QED) is 0.641. The average molecular weight is 155 g/mol. The van der Waals surface area contributed by atoms with Gasteiger partial charge in [0.15, 0.2) is 0 Å². The molecular formula is C8H13NO2. The van der Waals surface area contributed by atoms with Crippen LogP contribution in [0.3, 0.4) is 0 Å². The average Bonchev–Trinajstić information content (AvgIpc) is 2.50. The summed E-state index contributed by atoms with van der Waals surface area (Å²) in [5, 5.41) is 2.56. The number of likely N-dealkylation sites (N-methyl/N-ethyl adjacent to an activating group) is 1. The number of carbonyl (C=O) groups excluding carboxylic acids is 1. The molecule has 0 aromatic heterocycles. The number of hydrogen-bond donors (Lipinski definition) is 1. The highest BCUT2D eigenvalue weighted by Gasteiger charge is 2.20. The van der Waals surface area contributed by atoms with E-state index in [-0.39, 0.29) is 12.0 Å². The highest BCUT2D eigenvalue weighted by molar-refractivity contribution is 5.93. The Kier molecular flexibility index (Phi) is 2.52. The molecule has 0 saturated heterocycles. The third-order valence-corrected chi connectivity index (χ3v) is 1.82. The summed E-state index contributed by atoms with van der Waals surface area (Å²) in [5.74, 6) is -0.0269. The molecule has 0 aliphatic carbocycles. The van der Waals surface area contributed by atoms with Crippen molar-refractivity contribution in [1.29, 1.82) is 0 Å². The van der Waals surface area contributed by atoms with Crippen LogP contribution in [-0.4, -0.2) is 19.1 Å². The molecule has 1 rings (SSSR count). The maximum Gasteiger partial charge on any atom is 0.250 e. The van der Waals surface area contributed by atoms with Gasteiger partial charge in [0, 0.05) is 13.5 Å². The summed E-state index contributed by atoms with van der Waals surface area (Å²) in [5.41, 5.74) is 0.749. The fraction of sp³-hybridized carbons (Fsp3) is 0.625. The monoisotopic (exact) mass is 155 g/mol. The van der Waals surface area contributed by atoms with E-state index < -0.39 is 0 Å². The van der Waals surface area contributed by atoms with Gasteiger partial charge in [0.25, 0.3) is 0 Å². The first-order valence-corrected chi connectivity index (χ1v) is 3.84. The summed E-state index contributed by atoms with van der Waals surface area (Å²) in [6.07, 6.45) is 3.47. The Labute approximate surface area is 66.4 Å². The van der Waals surface area contributed by atoms with Gasteiger partial charge in [-0.3, -0.25) is 4.79 Å². The Bertz CT molecular complexity index is 187. The third kappa shape index (κ3) is 1.73. The van der Waals surface area contributed by atoms with Gasteiger partial charge in [-0.15, -0.1) is 0 Å². The molecule has 0 fully saturated rings. The first-order valence-electron chi connectivity index (χ1n) is 3.84. The van der Waals surface area contributed by atoms with Crippen LogP contribution in [0.5, 0.6) is 0 Å². The van der Waals surface area contributed by atoms with Crippen molar-refractivity contribution in [3.05, 3.63) is 11.8 Å². The molecule has 0 aromatic rings. The highest BCUT2D eigenvalue weighted by atomic mass is 16.5. The lowest BCUT2D eigenvalue weighted by atomic mass is 10.1. The first kappa shape index (κ1) is 8.11. The van der Waals surface area contributed by atoms with Gasteiger partial charge in [-0.25, -0.2) is 0 Å². The minimum absolute atomic E-state index is 0.0269. The van der Waals surface area contributed by atoms with Crippen LogP contribution in [0.15, 0.2) is 11.8 Å². The summed E-state index contributed by atoms with van der Waals surface area (Å²) in [4.78, 5) is 11.0. The summed E-state index contributed by atoms with van der Waals surface area (Å²) in [6.45, 7) is 2.05. The number of nitrogens with one attached hydrogen (secondary N) is 1. The van der Waals surface area contributed by atoms with Crippen molar-refractivity contribution in [2.45, 2.75) is 25.9 Å². The SMILES string of the molecule is CCC1CC(C(=O)NC)=CO1. The van der Waals surface area contributed by atoms with E-state index in [0.29, 0.717) is 0 Å². The zero-order chi connectivity index (χ0) is 8.27. The second-order valence-electron chi connectivity index (χ2n) is 2.59. The van der Waals surface area contributed by atoms with E-state index in [4.69, 9.17) is 4.74 Å². The van der Waals surface area contributed by atoms with E-state index >= 15 is 0 Å². The molecule has 62 valence electrons. The zero-order valence-electron chi connectivity index (χ0n) is 6.89. The number of amides is 1. The fourth-order valence-corrected chi connectivity index (χ4v) is 1.07. The molecule has 0 radical (unpaired) electrons. The molecule has 1 aliphatic heterocycles. The van der Waals surface area contributed by atoms with Gasteiger partial charge in [-0.2, -0.15) is 0 Å². The lowest BCUT2D eigenvalue weighted by Crippen LogP contribution is -2.20. The molecule has 3 nitrogen and oxygen atoms in total. The minimum Gasteiger partial charge on any atom is -0.497 e. The van der Waals surface area contributed by atoms with Crippen molar-refractivity contribution < 1.29 is 9.53 Å². The van der Waals surface area contributed by atoms with Crippen molar-refractivity contribution in [1.82, 2.24) is 5.32 Å². The normalized spacial score (nSPS) is 22.4. The fourth-order valence-electron chi connectivity index (χ4n) is 1.07. The van der Waals surface area contributed by atoms with Gasteiger partial charge >= 0.3 is 0 Å². The van der Waals surface area contributed by atoms with Gasteiger partial charge in [0.2, 0.25) is 5.91 Å². The second kappa shape index (κ2) is 3.42. The van der Waals surface area contributed by atoms with E-state index in [0.717, 1.165) is 18.4 Å². The smallest absolute Gasteiger partial charge is 0.250 e. The summed E-state index contributed by atoms with van der Waals surface area (Å²) in [7, 11) is 1.63. The third-order valence-electron chi connectivity index (χ3n) is 1.82. The van der Waals surface area contributed by atoms with Crippen molar-refractivity contribution in [2.75, 3.05) is 7.05 Å². The zero-order valence-corrected chi connectivity index (χ0v) is 6.89. The topological polar surface area (TPSA) is 38.3 Å². The first-order chi connectivity index (χ1) is 5.27. The van der Waals surface area contributed by atoms with Gasteiger partial charge < -0.3 is 10.1 Å². The molecule has 1 unspecified atom stereocenters. The van der Waals surface area contributed by atoms with Gasteiger partial charge in [-0.05, 0) is 6.42 Å². The van der Waals surface area contributed by atoms with Crippen molar-refractivity contribution in [3.63, 3.8) is 0 Å². The van der Waals surface area contributed by atoms with Crippen LogP contribution < -0.4 is 5.32 Å². The lowest BCUT2D eigenvalue weighted by Gasteiger charge is -2.04. The van der Waals surface area contributed by atoms with Gasteiger partial charge in [0.1, 0.15) is 6.10 Å². The largest absolute Gasteiger partial charge is 0.497 e. The van der Waals surface area contributed by atoms with Crippen molar-refractivity contribution >= 4 is 5.91 Å². The van der Waals surface area contributed by atoms with Crippen LogP contribution in [0.4, 0.5) is 0 Å². The maximum atomic E-state index is 11.0. The van der Waals surface area contributed by atoms with Crippen LogP contribution in [0.2, 0.25) is 0 Å². The summed E-state index contributed by atoms with van der Waals surface area (Å²) >= 11 is 0. The lowest BCUT2D eigenvalue weighted by molar-refractivity contribution is -0.117. The molecule has 1 atom stereocenters. The van der Waals surface area contributed by atoms with Crippen LogP contribution in [0, 0.1) is 0 Å². The Morgan fingerprint density at radius 1 is 1.91 bits per heavy atom. The van der Waals surface area contributed by atoms with E-state index in [2.05, 4.69) is 5.32 Å². The van der Waals surface area contributed by atoms with Crippen LogP contribution in [0.25, 0.3) is 0 Å². The highest BCUT2D eigenvalue weighted by Crippen LogP contribution is 2.19. The van der Waals surface area contributed by atoms with Gasteiger partial charge in [-0.1, -0.05) is 6.92 Å². The molecule has 0 bridgehead atoms. The molecule has 1 aliphatic rings. The molecule has 1 amide bonds. The Morgan fingerprint density at radius 3 is 3.09 bits per heavy atom. The standard InChI is InChI=1S/C8H13NO2/c1-3-7-4-6(5-11-7)8(10)9-2/h5,7H,3-4H2,1-2H3,(H,9,10). The Morgan fingerprint density at radius 2 is 2.64 bits per heavy atom. The maximum absolute atomic E-state index is 11.0. The van der Waals surface area contributed by atoms with Crippen LogP contribution >= 0.6 is 0 Å². The molecule has 0 spiro atoms. The molecule has 1 N–H and O–H groups in total. The minimum atomic E-state index is -0.0269. The predicted octanol–water partition coefficient (Wildman–Crippen LogP) is 0.815. The van der Waals surface area contributed by atoms with E-state index in [1.54, 1.807) is 13.3 Å². The van der Waals surface area contributed by atoms with Crippen molar-refractivity contribution in [3.8, 4) is 0 Å². The molecular weight excluding hydrogens is 142 g/mol. The molecule has 0 saturated carbocycles. The number of hydrogen-bond acceptors (Lipinski definition) is 2. The van der Waals surface area contributed by atoms with Crippen LogP contribution in [0.1, 0.15) is 19.8 Å². The van der Waals surface area contributed by atoms with E-state index in [1.807, 2.05) is 6.92 Å². The van der Waals surface area contributed by atoms with Crippen molar-refractivity contribution in [2.24, 2.45) is 0 Å². The van der Waals surface area contributed by atoms with Gasteiger partial charge in [0.05, 0.1) is 11.8 Å². The van der Waals surface area contributed by atoms with Crippen LogP contribution in [-0.2, 0) is 9.53 Å². The molecule has 11 heavy (non-hydrogen) atoms. The van der Waals surface area contributed by atoms with E-state index in [9.17, 15) is 4.79 Å². The number of carbonyl (C=O) groups is 1. The second-order valence-corrected chi connectivity index (χ2v) is 2.59. The Balaban J connectivity index is 2.45. The predicted molar refractivity (Wildman–Crippen MR) is 41.9 cm³/mol. The molecule has 0 aromatic carbocycles. The summed E-state index contributed by atoms with van der Waals surface area (Å²) < 4.78 is 5.21.